The second kappa shape index (κ2) is 7.78. The summed E-state index contributed by atoms with van der Waals surface area (Å²) in [5.41, 5.74) is 5.46. The number of aliphatic hydroxyl groups excluding tert-OH is 1. The molecule has 0 spiro atoms. The molecule has 0 heterocycles. The molecule has 0 fully saturated rings. The van der Waals surface area contributed by atoms with Gasteiger partial charge in [0.2, 0.25) is 5.78 Å². The van der Waals surface area contributed by atoms with Crippen LogP contribution < -0.4 is 10.9 Å². The van der Waals surface area contributed by atoms with Crippen LogP contribution >= 0.6 is 0 Å². The van der Waals surface area contributed by atoms with E-state index in [1.807, 2.05) is 17.8 Å². The Bertz CT molecular complexity index is 841. The third-order valence-corrected chi connectivity index (χ3v) is 3.24. The zero-order valence-electron chi connectivity index (χ0n) is 13.3. The average Bonchev–Trinajstić information content (AvgIpc) is 2.59. The largest absolute Gasteiger partial charge is 0.508 e. The maximum atomic E-state index is 11.8. The van der Waals surface area contributed by atoms with E-state index >= 15 is 0 Å². The van der Waals surface area contributed by atoms with E-state index < -0.39 is 17.6 Å². The van der Waals surface area contributed by atoms with Crippen LogP contribution in [0.1, 0.15) is 21.5 Å². The minimum atomic E-state index is -1.12. The number of hydrazine groups is 1. The Labute approximate surface area is 143 Å². The van der Waals surface area contributed by atoms with E-state index in [1.165, 1.54) is 24.3 Å². The molecule has 128 valence electrons. The number of aliphatic hydroxyl groups is 1. The van der Waals surface area contributed by atoms with Gasteiger partial charge in [0.05, 0.1) is 0 Å². The number of aryl methyl sites for hydroxylation is 1. The fourth-order valence-electron chi connectivity index (χ4n) is 1.89. The summed E-state index contributed by atoms with van der Waals surface area (Å²) in [5, 5.41) is 19.2. The average molecular weight is 340 g/mol. The number of rotatable bonds is 4. The topological polar surface area (TPSA) is 116 Å². The van der Waals surface area contributed by atoms with E-state index in [0.717, 1.165) is 11.6 Å². The van der Waals surface area contributed by atoms with Crippen molar-refractivity contribution in [3.05, 3.63) is 71.3 Å². The van der Waals surface area contributed by atoms with Crippen LogP contribution in [0.5, 0.6) is 5.75 Å². The summed E-state index contributed by atoms with van der Waals surface area (Å²) in [7, 11) is 0. The van der Waals surface area contributed by atoms with Crippen LogP contribution in [-0.2, 0) is 9.59 Å². The number of phenols is 1. The van der Waals surface area contributed by atoms with Crippen LogP contribution in [0, 0.1) is 6.92 Å². The molecule has 7 nitrogen and oxygen atoms in total. The minimum Gasteiger partial charge on any atom is -0.508 e. The van der Waals surface area contributed by atoms with Gasteiger partial charge >= 0.3 is 5.91 Å². The number of aromatic hydroxyl groups is 1. The van der Waals surface area contributed by atoms with Crippen molar-refractivity contribution in [2.75, 3.05) is 0 Å². The number of hydrogen-bond acceptors (Lipinski definition) is 5. The summed E-state index contributed by atoms with van der Waals surface area (Å²) in [6.45, 7) is 1.87. The Morgan fingerprint density at radius 3 is 2.28 bits per heavy atom. The molecule has 0 saturated carbocycles. The summed E-state index contributed by atoms with van der Waals surface area (Å²) in [5.74, 6) is -3.33. The van der Waals surface area contributed by atoms with Gasteiger partial charge in [-0.15, -0.1) is 0 Å². The van der Waals surface area contributed by atoms with Crippen molar-refractivity contribution in [2.24, 2.45) is 0 Å². The van der Waals surface area contributed by atoms with E-state index in [1.54, 1.807) is 24.3 Å². The number of hydrogen-bond donors (Lipinski definition) is 4. The number of benzene rings is 2. The molecule has 2 rings (SSSR count). The highest BCUT2D eigenvalue weighted by Gasteiger charge is 2.14. The molecule has 7 heteroatoms. The summed E-state index contributed by atoms with van der Waals surface area (Å²) in [6, 6.07) is 12.2. The number of carbonyl (C=O) groups excluding carboxylic acids is 3. The van der Waals surface area contributed by atoms with E-state index in [-0.39, 0.29) is 17.1 Å². The predicted octanol–water partition coefficient (Wildman–Crippen LogP) is 1.63. The Hall–Kier alpha value is -3.61. The highest BCUT2D eigenvalue weighted by atomic mass is 16.3. The quantitative estimate of drug-likeness (QED) is 0.292. The van der Waals surface area contributed by atoms with Gasteiger partial charge in [-0.1, -0.05) is 35.9 Å². The highest BCUT2D eigenvalue weighted by Crippen LogP contribution is 2.12. The summed E-state index contributed by atoms with van der Waals surface area (Å²) < 4.78 is 0. The minimum absolute atomic E-state index is 0.103. The first-order valence-corrected chi connectivity index (χ1v) is 7.28. The lowest BCUT2D eigenvalue weighted by molar-refractivity contribution is -0.135. The van der Waals surface area contributed by atoms with E-state index in [2.05, 4.69) is 0 Å². The van der Waals surface area contributed by atoms with E-state index in [4.69, 9.17) is 0 Å². The van der Waals surface area contributed by atoms with Gasteiger partial charge in [-0.25, -0.2) is 0 Å². The molecule has 4 N–H and O–H groups in total. The molecular weight excluding hydrogens is 324 g/mol. The van der Waals surface area contributed by atoms with Crippen molar-refractivity contribution in [2.45, 2.75) is 6.92 Å². The number of phenolic OH excluding ortho intramolecular Hbond substituents is 1. The van der Waals surface area contributed by atoms with Gasteiger partial charge < -0.3 is 10.2 Å². The predicted molar refractivity (Wildman–Crippen MR) is 90.5 cm³/mol. The molecule has 0 aromatic heterocycles. The highest BCUT2D eigenvalue weighted by molar-refractivity contribution is 6.41. The van der Waals surface area contributed by atoms with Crippen LogP contribution in [0.25, 0.3) is 5.76 Å². The van der Waals surface area contributed by atoms with Crippen molar-refractivity contribution < 1.29 is 24.6 Å². The Morgan fingerprint density at radius 1 is 0.960 bits per heavy atom. The molecule has 0 aliphatic heterocycles. The second-order valence-electron chi connectivity index (χ2n) is 5.22. The van der Waals surface area contributed by atoms with Gasteiger partial charge in [-0.05, 0) is 25.1 Å². The lowest BCUT2D eigenvalue weighted by Crippen LogP contribution is -2.44. The molecule has 25 heavy (non-hydrogen) atoms. The van der Waals surface area contributed by atoms with Crippen molar-refractivity contribution in [1.82, 2.24) is 10.9 Å². The maximum Gasteiger partial charge on any atom is 0.310 e. The molecule has 0 bridgehead atoms. The van der Waals surface area contributed by atoms with Gasteiger partial charge in [0.25, 0.3) is 5.91 Å². The first kappa shape index (κ1) is 17.7. The molecule has 0 aliphatic rings. The number of nitrogens with one attached hydrogen (secondary N) is 2. The van der Waals surface area contributed by atoms with E-state index in [9.17, 15) is 24.6 Å². The molecular formula is C18H16N2O5. The van der Waals surface area contributed by atoms with Gasteiger partial charge in [0.1, 0.15) is 11.5 Å². The van der Waals surface area contributed by atoms with Crippen LogP contribution in [0.4, 0.5) is 0 Å². The fraction of sp³-hybridized carbons (Fsp3) is 0.0556. The number of amides is 2. The van der Waals surface area contributed by atoms with Gasteiger partial charge in [0.15, 0.2) is 0 Å². The molecule has 0 saturated heterocycles. The zero-order valence-corrected chi connectivity index (χ0v) is 13.3. The fourth-order valence-corrected chi connectivity index (χ4v) is 1.89. The van der Waals surface area contributed by atoms with Crippen LogP contribution in [-0.4, -0.2) is 27.8 Å². The first-order chi connectivity index (χ1) is 11.9. The molecule has 0 atom stereocenters. The van der Waals surface area contributed by atoms with Crippen molar-refractivity contribution in [3.63, 3.8) is 0 Å². The zero-order chi connectivity index (χ0) is 18.4. The first-order valence-electron chi connectivity index (χ1n) is 7.28. The number of ketones is 1. The van der Waals surface area contributed by atoms with Gasteiger partial charge in [-0.2, -0.15) is 0 Å². The van der Waals surface area contributed by atoms with Crippen molar-refractivity contribution >= 4 is 23.4 Å². The summed E-state index contributed by atoms with van der Waals surface area (Å²) in [6.07, 6.45) is 0.764. The summed E-state index contributed by atoms with van der Waals surface area (Å²) in [4.78, 5) is 35.2. The second-order valence-corrected chi connectivity index (χ2v) is 5.22. The Morgan fingerprint density at radius 2 is 1.64 bits per heavy atom. The molecule has 0 unspecified atom stereocenters. The monoisotopic (exact) mass is 340 g/mol. The smallest absolute Gasteiger partial charge is 0.310 e. The van der Waals surface area contributed by atoms with Crippen LogP contribution in [0.15, 0.2) is 54.6 Å². The van der Waals surface area contributed by atoms with Gasteiger partial charge in [-0.3, -0.25) is 25.2 Å². The SMILES string of the molecule is Cc1ccc(C(O)=CC(=O)C(=O)NNC(=O)c2cccc(O)c2)cc1. The molecule has 2 amide bonds. The standard InChI is InChI=1S/C18H16N2O5/c1-11-5-7-12(8-6-11)15(22)10-16(23)18(25)20-19-17(24)13-3-2-4-14(21)9-13/h2-10,21-22H,1H3,(H,19,24)(H,20,25). The van der Waals surface area contributed by atoms with E-state index in [0.29, 0.717) is 5.56 Å². The third-order valence-electron chi connectivity index (χ3n) is 3.24. The third kappa shape index (κ3) is 4.93. The molecule has 2 aromatic rings. The summed E-state index contributed by atoms with van der Waals surface area (Å²) >= 11 is 0. The molecule has 0 radical (unpaired) electrons. The van der Waals surface area contributed by atoms with Gasteiger partial charge in [0, 0.05) is 17.2 Å². The normalized spacial score (nSPS) is 10.8. The van der Waals surface area contributed by atoms with Crippen molar-refractivity contribution in [3.8, 4) is 5.75 Å². The van der Waals surface area contributed by atoms with Crippen LogP contribution in [0.2, 0.25) is 0 Å². The lowest BCUT2D eigenvalue weighted by Gasteiger charge is -2.06. The Balaban J connectivity index is 1.96. The van der Waals surface area contributed by atoms with Crippen LogP contribution in [0.3, 0.4) is 0 Å². The molecule has 0 aliphatic carbocycles. The molecule has 2 aromatic carbocycles. The lowest BCUT2D eigenvalue weighted by atomic mass is 10.1. The number of carbonyl (C=O) groups is 3. The Kier molecular flexibility index (Phi) is 5.52. The maximum absolute atomic E-state index is 11.8. The van der Waals surface area contributed by atoms with Crippen molar-refractivity contribution in [1.29, 1.82) is 0 Å².